The van der Waals surface area contributed by atoms with E-state index in [9.17, 15) is 23.5 Å². The quantitative estimate of drug-likeness (QED) is 0.378. The lowest BCUT2D eigenvalue weighted by Gasteiger charge is -2.21. The maximum absolute atomic E-state index is 13.9. The molecule has 0 spiro atoms. The predicted octanol–water partition coefficient (Wildman–Crippen LogP) is 4.69. The molecule has 3 atom stereocenters. The third kappa shape index (κ3) is 7.75. The Morgan fingerprint density at radius 2 is 2.07 bits per heavy atom. The van der Waals surface area contributed by atoms with Crippen molar-refractivity contribution in [3.63, 3.8) is 0 Å². The highest BCUT2D eigenvalue weighted by molar-refractivity contribution is 5.87. The second-order valence-corrected chi connectivity index (χ2v) is 7.12. The lowest BCUT2D eigenvalue weighted by molar-refractivity contribution is -0.137. The second-order valence-electron chi connectivity index (χ2n) is 7.12. The zero-order chi connectivity index (χ0) is 20.4. The maximum Gasteiger partial charge on any atom is 0.303 e. The summed E-state index contributed by atoms with van der Waals surface area (Å²) < 4.78 is 27.8. The predicted molar refractivity (Wildman–Crippen MR) is 101 cm³/mol. The van der Waals surface area contributed by atoms with Crippen LogP contribution < -0.4 is 0 Å². The standard InChI is InChI=1S/C21H30F2O4/c1-3-4-13-21(22,23)19(25)12-11-16-15(2)14-18(24)17(16)9-7-5-6-8-10-20(26)27/h5,7,11-12,16-17,19,25H,2-4,6,8-10,13-14H2,1H3,(H,26,27)/b7-5-,12-11+/t16-,17+,19+/m0/s1. The lowest BCUT2D eigenvalue weighted by Crippen LogP contribution is -2.31. The number of Topliss-reactive ketones (excluding diaryl/α,β-unsaturated/α-hetero) is 1. The highest BCUT2D eigenvalue weighted by atomic mass is 19.3. The SMILES string of the molecule is C=C1CC(=O)[C@H](C/C=C\CCCC(=O)O)[C@H]1/C=C/[C@@H](O)C(F)(F)CCCC. The van der Waals surface area contributed by atoms with Crippen LogP contribution in [0.25, 0.3) is 0 Å². The summed E-state index contributed by atoms with van der Waals surface area (Å²) in [4.78, 5) is 22.6. The lowest BCUT2D eigenvalue weighted by atomic mass is 9.89. The molecular formula is C21H30F2O4. The zero-order valence-corrected chi connectivity index (χ0v) is 15.9. The van der Waals surface area contributed by atoms with E-state index in [1.807, 2.05) is 19.1 Å². The molecule has 0 saturated heterocycles. The van der Waals surface area contributed by atoms with Crippen LogP contribution in [0.1, 0.15) is 58.3 Å². The molecule has 1 fully saturated rings. The van der Waals surface area contributed by atoms with E-state index >= 15 is 0 Å². The number of hydrogen-bond acceptors (Lipinski definition) is 3. The molecule has 1 aliphatic rings. The van der Waals surface area contributed by atoms with E-state index in [-0.39, 0.29) is 36.9 Å². The van der Waals surface area contributed by atoms with Crippen LogP contribution in [-0.4, -0.2) is 34.0 Å². The van der Waals surface area contributed by atoms with Gasteiger partial charge in [-0.25, -0.2) is 8.78 Å². The number of aliphatic carboxylic acids is 1. The number of carbonyl (C=O) groups excluding carboxylic acids is 1. The number of carboxylic acid groups (broad SMARTS) is 1. The van der Waals surface area contributed by atoms with Crippen molar-refractivity contribution < 1.29 is 28.6 Å². The average Bonchev–Trinajstić information content (AvgIpc) is 2.86. The number of hydrogen-bond donors (Lipinski definition) is 2. The fourth-order valence-corrected chi connectivity index (χ4v) is 3.16. The van der Waals surface area contributed by atoms with Gasteiger partial charge in [0.2, 0.25) is 0 Å². The number of halogens is 2. The van der Waals surface area contributed by atoms with Crippen LogP contribution in [-0.2, 0) is 9.59 Å². The molecule has 27 heavy (non-hydrogen) atoms. The zero-order valence-electron chi connectivity index (χ0n) is 15.9. The van der Waals surface area contributed by atoms with Crippen LogP contribution in [0.15, 0.2) is 36.5 Å². The van der Waals surface area contributed by atoms with Gasteiger partial charge in [-0.15, -0.1) is 0 Å². The molecule has 0 unspecified atom stereocenters. The maximum atomic E-state index is 13.9. The Balaban J connectivity index is 2.65. The summed E-state index contributed by atoms with van der Waals surface area (Å²) in [6.07, 6.45) is 6.85. The minimum atomic E-state index is -3.18. The van der Waals surface area contributed by atoms with Crippen molar-refractivity contribution >= 4 is 11.8 Å². The van der Waals surface area contributed by atoms with E-state index in [1.54, 1.807) is 0 Å². The Kier molecular flexibility index (Phi) is 9.56. The van der Waals surface area contributed by atoms with Crippen molar-refractivity contribution in [2.45, 2.75) is 70.3 Å². The fraction of sp³-hybridized carbons (Fsp3) is 0.619. The number of alkyl halides is 2. The van der Waals surface area contributed by atoms with Crippen molar-refractivity contribution in [3.8, 4) is 0 Å². The van der Waals surface area contributed by atoms with Gasteiger partial charge in [0, 0.05) is 31.1 Å². The van der Waals surface area contributed by atoms with Gasteiger partial charge in [0.1, 0.15) is 11.9 Å². The molecule has 0 amide bonds. The van der Waals surface area contributed by atoms with Crippen molar-refractivity contribution in [2.75, 3.05) is 0 Å². The van der Waals surface area contributed by atoms with Gasteiger partial charge in [-0.2, -0.15) is 0 Å². The van der Waals surface area contributed by atoms with Gasteiger partial charge in [-0.1, -0.05) is 49.8 Å². The Morgan fingerprint density at radius 1 is 1.37 bits per heavy atom. The fourth-order valence-electron chi connectivity index (χ4n) is 3.16. The molecule has 152 valence electrons. The van der Waals surface area contributed by atoms with Gasteiger partial charge in [-0.3, -0.25) is 9.59 Å². The average molecular weight is 384 g/mol. The molecule has 0 heterocycles. The molecule has 0 aromatic rings. The monoisotopic (exact) mass is 384 g/mol. The van der Waals surface area contributed by atoms with Crippen molar-refractivity contribution in [1.29, 1.82) is 0 Å². The normalized spacial score (nSPS) is 22.2. The summed E-state index contributed by atoms with van der Waals surface area (Å²) in [5.41, 5.74) is 0.671. The third-order valence-electron chi connectivity index (χ3n) is 4.83. The molecule has 6 heteroatoms. The summed E-state index contributed by atoms with van der Waals surface area (Å²) in [5, 5.41) is 18.4. The molecule has 4 nitrogen and oxygen atoms in total. The Hall–Kier alpha value is -1.82. The molecule has 1 rings (SSSR count). The summed E-state index contributed by atoms with van der Waals surface area (Å²) >= 11 is 0. The van der Waals surface area contributed by atoms with Gasteiger partial charge >= 0.3 is 5.97 Å². The van der Waals surface area contributed by atoms with Gasteiger partial charge in [0.15, 0.2) is 0 Å². The number of rotatable bonds is 12. The summed E-state index contributed by atoms with van der Waals surface area (Å²) in [5.74, 6) is -4.75. The largest absolute Gasteiger partial charge is 0.481 e. The summed E-state index contributed by atoms with van der Waals surface area (Å²) in [7, 11) is 0. The molecule has 0 aliphatic heterocycles. The summed E-state index contributed by atoms with van der Waals surface area (Å²) in [6.45, 7) is 5.68. The van der Waals surface area contributed by atoms with Crippen LogP contribution in [0.2, 0.25) is 0 Å². The minimum Gasteiger partial charge on any atom is -0.481 e. The van der Waals surface area contributed by atoms with Crippen LogP contribution in [0.4, 0.5) is 8.78 Å². The van der Waals surface area contributed by atoms with Crippen LogP contribution >= 0.6 is 0 Å². The van der Waals surface area contributed by atoms with E-state index in [2.05, 4.69) is 6.58 Å². The first-order chi connectivity index (χ1) is 12.7. The van der Waals surface area contributed by atoms with E-state index in [0.717, 1.165) is 6.08 Å². The molecular weight excluding hydrogens is 354 g/mol. The molecule has 0 aromatic carbocycles. The van der Waals surface area contributed by atoms with E-state index in [1.165, 1.54) is 6.08 Å². The Bertz CT molecular complexity index is 581. The van der Waals surface area contributed by atoms with Gasteiger partial charge in [0.25, 0.3) is 5.92 Å². The first-order valence-electron chi connectivity index (χ1n) is 9.50. The smallest absolute Gasteiger partial charge is 0.303 e. The van der Waals surface area contributed by atoms with Crippen molar-refractivity contribution in [1.82, 2.24) is 0 Å². The summed E-state index contributed by atoms with van der Waals surface area (Å²) in [6, 6.07) is 0. The third-order valence-corrected chi connectivity index (χ3v) is 4.83. The van der Waals surface area contributed by atoms with Crippen molar-refractivity contribution in [2.24, 2.45) is 11.8 Å². The molecule has 0 radical (unpaired) electrons. The molecule has 0 bridgehead atoms. The van der Waals surface area contributed by atoms with Crippen LogP contribution in [0, 0.1) is 11.8 Å². The highest BCUT2D eigenvalue weighted by Crippen LogP contribution is 2.37. The van der Waals surface area contributed by atoms with Crippen LogP contribution in [0.5, 0.6) is 0 Å². The number of aliphatic hydroxyl groups is 1. The number of carbonyl (C=O) groups is 2. The molecule has 1 saturated carbocycles. The first-order valence-corrected chi connectivity index (χ1v) is 9.50. The van der Waals surface area contributed by atoms with E-state index in [0.29, 0.717) is 37.7 Å². The molecule has 0 aromatic heterocycles. The number of allylic oxidation sites excluding steroid dienone is 4. The van der Waals surface area contributed by atoms with E-state index < -0.39 is 18.0 Å². The second kappa shape index (κ2) is 11.1. The van der Waals surface area contributed by atoms with Gasteiger partial charge in [-0.05, 0) is 25.7 Å². The van der Waals surface area contributed by atoms with Gasteiger partial charge in [0.05, 0.1) is 0 Å². The Morgan fingerprint density at radius 3 is 2.70 bits per heavy atom. The molecule has 2 N–H and O–H groups in total. The highest BCUT2D eigenvalue weighted by Gasteiger charge is 2.38. The number of unbranched alkanes of at least 4 members (excludes halogenated alkanes) is 2. The minimum absolute atomic E-state index is 0.0112. The van der Waals surface area contributed by atoms with E-state index in [4.69, 9.17) is 5.11 Å². The number of ketones is 1. The van der Waals surface area contributed by atoms with Crippen molar-refractivity contribution in [3.05, 3.63) is 36.5 Å². The number of aliphatic hydroxyl groups excluding tert-OH is 1. The van der Waals surface area contributed by atoms with Crippen LogP contribution in [0.3, 0.4) is 0 Å². The first kappa shape index (κ1) is 23.2. The Labute approximate surface area is 159 Å². The topological polar surface area (TPSA) is 74.6 Å². The number of carboxylic acids is 1. The molecule has 1 aliphatic carbocycles. The van der Waals surface area contributed by atoms with Gasteiger partial charge < -0.3 is 10.2 Å².